The van der Waals surface area contributed by atoms with Gasteiger partial charge in [0.1, 0.15) is 11.5 Å². The first kappa shape index (κ1) is 15.1. The van der Waals surface area contributed by atoms with Crippen molar-refractivity contribution in [3.8, 4) is 11.5 Å². The molecular weight excluding hydrogens is 263 g/mol. The molecule has 2 aromatic rings. The second-order valence-corrected chi connectivity index (χ2v) is 7.05. The van der Waals surface area contributed by atoms with E-state index in [1.54, 1.807) is 0 Å². The van der Waals surface area contributed by atoms with Crippen molar-refractivity contribution in [2.45, 2.75) is 40.0 Å². The van der Waals surface area contributed by atoms with Gasteiger partial charge >= 0.3 is 0 Å². The van der Waals surface area contributed by atoms with E-state index in [1.807, 2.05) is 0 Å². The molecule has 1 nitrogen and oxygen atoms in total. The van der Waals surface area contributed by atoms with Crippen molar-refractivity contribution < 1.29 is 4.74 Å². The number of hydrogen-bond acceptors (Lipinski definition) is 1. The van der Waals surface area contributed by atoms with Gasteiger partial charge in [-0.05, 0) is 60.2 Å². The van der Waals surface area contributed by atoms with Crippen molar-refractivity contribution in [3.63, 3.8) is 0 Å². The van der Waals surface area contributed by atoms with E-state index in [9.17, 15) is 0 Å². The van der Waals surface area contributed by atoms with Crippen LogP contribution in [0.4, 0.5) is 0 Å². The third kappa shape index (κ3) is 3.61. The second kappa shape index (κ2) is 5.58. The summed E-state index contributed by atoms with van der Waals surface area (Å²) in [5, 5.41) is 1.09. The minimum Gasteiger partial charge on any atom is -0.457 e. The van der Waals surface area contributed by atoms with E-state index >= 15 is 0 Å². The summed E-state index contributed by atoms with van der Waals surface area (Å²) in [5.41, 5.74) is 3.91. The summed E-state index contributed by atoms with van der Waals surface area (Å²) in [7, 11) is 2.77. The lowest BCUT2D eigenvalue weighted by molar-refractivity contribution is 0.485. The van der Waals surface area contributed by atoms with Crippen LogP contribution in [0, 0.1) is 13.8 Å². The molecule has 0 aliphatic rings. The summed E-state index contributed by atoms with van der Waals surface area (Å²) in [6.07, 6.45) is 0. The lowest BCUT2D eigenvalue weighted by Crippen LogP contribution is -2.13. The first-order chi connectivity index (χ1) is 9.25. The van der Waals surface area contributed by atoms with Gasteiger partial charge in [-0.1, -0.05) is 32.9 Å². The van der Waals surface area contributed by atoms with Gasteiger partial charge in [0, 0.05) is 5.30 Å². The van der Waals surface area contributed by atoms with Crippen LogP contribution in [0.25, 0.3) is 0 Å². The molecule has 0 spiro atoms. The predicted molar refractivity (Wildman–Crippen MR) is 90.5 cm³/mol. The minimum atomic E-state index is 0.157. The van der Waals surface area contributed by atoms with E-state index < -0.39 is 0 Å². The molecule has 106 valence electrons. The Bertz CT molecular complexity index is 604. The summed E-state index contributed by atoms with van der Waals surface area (Å²) in [4.78, 5) is 0. The molecule has 0 N–H and O–H groups in total. The molecule has 1 unspecified atom stereocenters. The van der Waals surface area contributed by atoms with Gasteiger partial charge in [-0.3, -0.25) is 0 Å². The van der Waals surface area contributed by atoms with E-state index in [1.165, 1.54) is 16.7 Å². The standard InChI is InChI=1S/C18H23OP/c1-12-8-13(2)10-15(9-12)19-16-7-6-14(11-17(16)20)18(3,4)5/h6-11H,20H2,1-5H3. The van der Waals surface area contributed by atoms with Crippen LogP contribution < -0.4 is 10.0 Å². The van der Waals surface area contributed by atoms with Gasteiger partial charge in [0.2, 0.25) is 0 Å². The van der Waals surface area contributed by atoms with Gasteiger partial charge in [0.05, 0.1) is 0 Å². The molecule has 0 bridgehead atoms. The van der Waals surface area contributed by atoms with E-state index in [0.717, 1.165) is 16.8 Å². The maximum atomic E-state index is 6.02. The van der Waals surface area contributed by atoms with Crippen LogP contribution in [-0.4, -0.2) is 0 Å². The number of rotatable bonds is 2. The Labute approximate surface area is 124 Å². The minimum absolute atomic E-state index is 0.157. The lowest BCUT2D eigenvalue weighted by Gasteiger charge is -2.20. The largest absolute Gasteiger partial charge is 0.457 e. The molecule has 0 aliphatic heterocycles. The summed E-state index contributed by atoms with van der Waals surface area (Å²) in [6, 6.07) is 12.7. The Morgan fingerprint density at radius 3 is 2.00 bits per heavy atom. The van der Waals surface area contributed by atoms with E-state index in [2.05, 4.69) is 80.3 Å². The molecule has 2 aromatic carbocycles. The molecule has 1 atom stereocenters. The van der Waals surface area contributed by atoms with Crippen molar-refractivity contribution >= 4 is 14.5 Å². The van der Waals surface area contributed by atoms with Crippen molar-refractivity contribution in [2.24, 2.45) is 0 Å². The molecule has 0 aromatic heterocycles. The number of ether oxygens (including phenoxy) is 1. The van der Waals surface area contributed by atoms with Crippen LogP contribution in [0.5, 0.6) is 11.5 Å². The fourth-order valence-electron chi connectivity index (χ4n) is 2.23. The highest BCUT2D eigenvalue weighted by Crippen LogP contribution is 2.27. The van der Waals surface area contributed by atoms with E-state index in [0.29, 0.717) is 0 Å². The van der Waals surface area contributed by atoms with Gasteiger partial charge in [-0.2, -0.15) is 0 Å². The van der Waals surface area contributed by atoms with Gasteiger partial charge in [0.15, 0.2) is 0 Å². The first-order valence-corrected chi connectivity index (χ1v) is 7.49. The Kier molecular flexibility index (Phi) is 4.20. The van der Waals surface area contributed by atoms with E-state index in [-0.39, 0.29) is 5.41 Å². The summed E-state index contributed by atoms with van der Waals surface area (Å²) < 4.78 is 6.02. The molecule has 0 aliphatic carbocycles. The van der Waals surface area contributed by atoms with E-state index in [4.69, 9.17) is 4.74 Å². The molecule has 0 fully saturated rings. The van der Waals surface area contributed by atoms with Crippen molar-refractivity contribution in [1.82, 2.24) is 0 Å². The van der Waals surface area contributed by atoms with Crippen molar-refractivity contribution in [3.05, 3.63) is 53.1 Å². The average molecular weight is 286 g/mol. The topological polar surface area (TPSA) is 9.23 Å². The zero-order valence-electron chi connectivity index (χ0n) is 12.9. The number of benzene rings is 2. The van der Waals surface area contributed by atoms with Crippen LogP contribution in [0.2, 0.25) is 0 Å². The van der Waals surface area contributed by atoms with Gasteiger partial charge < -0.3 is 4.74 Å². The maximum Gasteiger partial charge on any atom is 0.134 e. The highest BCUT2D eigenvalue weighted by atomic mass is 31.0. The van der Waals surface area contributed by atoms with Crippen molar-refractivity contribution in [1.29, 1.82) is 0 Å². The molecule has 0 saturated heterocycles. The monoisotopic (exact) mass is 286 g/mol. The molecule has 0 saturated carbocycles. The third-order valence-electron chi connectivity index (χ3n) is 3.30. The zero-order valence-corrected chi connectivity index (χ0v) is 14.1. The smallest absolute Gasteiger partial charge is 0.134 e. The summed E-state index contributed by atoms with van der Waals surface area (Å²) in [6.45, 7) is 10.8. The zero-order chi connectivity index (χ0) is 14.9. The Hall–Kier alpha value is -1.33. The van der Waals surface area contributed by atoms with Crippen LogP contribution in [0.3, 0.4) is 0 Å². The molecule has 2 heteroatoms. The third-order valence-corrected chi connectivity index (χ3v) is 3.75. The highest BCUT2D eigenvalue weighted by molar-refractivity contribution is 7.27. The number of aryl methyl sites for hydroxylation is 2. The summed E-state index contributed by atoms with van der Waals surface area (Å²) >= 11 is 0. The Morgan fingerprint density at radius 2 is 1.50 bits per heavy atom. The predicted octanol–water partition coefficient (Wildman–Crippen LogP) is 4.89. The van der Waals surface area contributed by atoms with Crippen LogP contribution in [0.15, 0.2) is 36.4 Å². The normalized spacial score (nSPS) is 11.5. The van der Waals surface area contributed by atoms with Crippen LogP contribution >= 0.6 is 9.24 Å². The Balaban J connectivity index is 2.30. The molecule has 0 amide bonds. The quantitative estimate of drug-likeness (QED) is 0.714. The van der Waals surface area contributed by atoms with Gasteiger partial charge in [-0.15, -0.1) is 9.24 Å². The molecule has 20 heavy (non-hydrogen) atoms. The highest BCUT2D eigenvalue weighted by Gasteiger charge is 2.15. The Morgan fingerprint density at radius 1 is 0.900 bits per heavy atom. The summed E-state index contributed by atoms with van der Waals surface area (Å²) in [5.74, 6) is 1.79. The maximum absolute atomic E-state index is 6.02. The second-order valence-electron chi connectivity index (χ2n) is 6.43. The fourth-order valence-corrected chi connectivity index (χ4v) is 2.56. The van der Waals surface area contributed by atoms with Gasteiger partial charge in [0.25, 0.3) is 0 Å². The molecule has 2 rings (SSSR count). The fraction of sp³-hybridized carbons (Fsp3) is 0.333. The first-order valence-electron chi connectivity index (χ1n) is 6.92. The van der Waals surface area contributed by atoms with Crippen LogP contribution in [-0.2, 0) is 5.41 Å². The molecule has 0 heterocycles. The van der Waals surface area contributed by atoms with Gasteiger partial charge in [-0.25, -0.2) is 0 Å². The lowest BCUT2D eigenvalue weighted by atomic mass is 9.87. The van der Waals surface area contributed by atoms with Crippen molar-refractivity contribution in [2.75, 3.05) is 0 Å². The van der Waals surface area contributed by atoms with Crippen LogP contribution in [0.1, 0.15) is 37.5 Å². The molecular formula is C18H23OP. The number of hydrogen-bond donors (Lipinski definition) is 0. The average Bonchev–Trinajstić information content (AvgIpc) is 2.29. The molecule has 0 radical (unpaired) electrons. The SMILES string of the molecule is Cc1cc(C)cc(Oc2ccc(C(C)(C)C)cc2P)c1.